The van der Waals surface area contributed by atoms with Gasteiger partial charge >= 0.3 is 0 Å². The molecule has 0 spiro atoms. The number of rotatable bonds is 0. The van der Waals surface area contributed by atoms with Crippen molar-refractivity contribution < 1.29 is 12.8 Å². The van der Waals surface area contributed by atoms with E-state index in [4.69, 9.17) is 5.26 Å². The van der Waals surface area contributed by atoms with Gasteiger partial charge in [0.1, 0.15) is 11.9 Å². The van der Waals surface area contributed by atoms with E-state index < -0.39 is 21.7 Å². The van der Waals surface area contributed by atoms with Gasteiger partial charge in [-0.25, -0.2) is 12.8 Å². The van der Waals surface area contributed by atoms with Crippen molar-refractivity contribution in [2.75, 3.05) is 17.7 Å². The Morgan fingerprint density at radius 3 is 2.88 bits per heavy atom. The fourth-order valence-corrected chi connectivity index (χ4v) is 3.45. The smallest absolute Gasteiger partial charge is 0.183 e. The van der Waals surface area contributed by atoms with Crippen molar-refractivity contribution in [1.29, 1.82) is 5.26 Å². The molecule has 1 atom stereocenters. The first-order valence-electron chi connectivity index (χ1n) is 4.60. The Hall–Kier alpha value is -1.61. The number of halogens is 1. The lowest BCUT2D eigenvalue weighted by atomic mass is 10.2. The summed E-state index contributed by atoms with van der Waals surface area (Å²) in [5.41, 5.74) is 0.374. The van der Waals surface area contributed by atoms with Crippen LogP contribution in [0.3, 0.4) is 0 Å². The van der Waals surface area contributed by atoms with E-state index >= 15 is 0 Å². The van der Waals surface area contributed by atoms with Crippen LogP contribution in [0.1, 0.15) is 0 Å². The summed E-state index contributed by atoms with van der Waals surface area (Å²) in [6.45, 7) is 0. The maximum atomic E-state index is 13.0. The Morgan fingerprint density at radius 1 is 1.56 bits per heavy atom. The summed E-state index contributed by atoms with van der Waals surface area (Å²) in [7, 11) is -1.94. The van der Waals surface area contributed by atoms with E-state index in [-0.39, 0.29) is 10.6 Å². The van der Waals surface area contributed by atoms with Crippen LogP contribution in [0.25, 0.3) is 0 Å². The molecule has 0 bridgehead atoms. The standard InChI is InChI=1S/C10H9FN2O2S/c1-13-8(5-12)6-16(14,15)10-4-7(11)2-3-9(10)13/h2-4,8H,6H2,1H3. The van der Waals surface area contributed by atoms with E-state index in [1.807, 2.05) is 6.07 Å². The molecule has 0 N–H and O–H groups in total. The lowest BCUT2D eigenvalue weighted by Gasteiger charge is -2.31. The largest absolute Gasteiger partial charge is 0.357 e. The van der Waals surface area contributed by atoms with Crippen LogP contribution in [0.5, 0.6) is 0 Å². The number of hydrogen-bond acceptors (Lipinski definition) is 4. The zero-order valence-electron chi connectivity index (χ0n) is 8.51. The molecule has 6 heteroatoms. The van der Waals surface area contributed by atoms with E-state index in [1.165, 1.54) is 12.1 Å². The Kier molecular flexibility index (Phi) is 2.35. The van der Waals surface area contributed by atoms with Crippen molar-refractivity contribution in [2.24, 2.45) is 0 Å². The number of sulfone groups is 1. The normalized spacial score (nSPS) is 22.3. The second-order valence-electron chi connectivity index (χ2n) is 3.65. The van der Waals surface area contributed by atoms with Crippen molar-refractivity contribution in [3.05, 3.63) is 24.0 Å². The van der Waals surface area contributed by atoms with Crippen LogP contribution < -0.4 is 4.90 Å². The highest BCUT2D eigenvalue weighted by Gasteiger charge is 2.34. The Bertz CT molecular complexity index is 577. The van der Waals surface area contributed by atoms with Crippen LogP contribution in [-0.4, -0.2) is 27.3 Å². The van der Waals surface area contributed by atoms with Gasteiger partial charge < -0.3 is 4.90 Å². The topological polar surface area (TPSA) is 61.2 Å². The molecule has 0 radical (unpaired) electrons. The van der Waals surface area contributed by atoms with E-state index in [2.05, 4.69) is 0 Å². The Morgan fingerprint density at radius 2 is 2.25 bits per heavy atom. The zero-order valence-corrected chi connectivity index (χ0v) is 9.33. The van der Waals surface area contributed by atoms with Gasteiger partial charge in [0.15, 0.2) is 9.84 Å². The van der Waals surface area contributed by atoms with Crippen LogP contribution in [0.2, 0.25) is 0 Å². The summed E-state index contributed by atoms with van der Waals surface area (Å²) in [4.78, 5) is 1.51. The molecule has 1 unspecified atom stereocenters. The van der Waals surface area contributed by atoms with Crippen molar-refractivity contribution in [3.63, 3.8) is 0 Å². The second kappa shape index (κ2) is 3.46. The molecule has 2 rings (SSSR count). The number of benzene rings is 1. The minimum absolute atomic E-state index is 0.0403. The quantitative estimate of drug-likeness (QED) is 0.677. The van der Waals surface area contributed by atoms with Crippen LogP contribution in [0, 0.1) is 17.1 Å². The molecule has 16 heavy (non-hydrogen) atoms. The molecule has 1 heterocycles. The number of nitriles is 1. The van der Waals surface area contributed by atoms with Gasteiger partial charge in [-0.2, -0.15) is 5.26 Å². The maximum absolute atomic E-state index is 13.0. The summed E-state index contributed by atoms with van der Waals surface area (Å²) in [6.07, 6.45) is 0. The fourth-order valence-electron chi connectivity index (χ4n) is 1.73. The molecule has 0 fully saturated rings. The van der Waals surface area contributed by atoms with Crippen molar-refractivity contribution in [2.45, 2.75) is 10.9 Å². The van der Waals surface area contributed by atoms with E-state index in [0.29, 0.717) is 5.69 Å². The average molecular weight is 240 g/mol. The van der Waals surface area contributed by atoms with Gasteiger partial charge in [0.05, 0.1) is 22.4 Å². The molecule has 0 amide bonds. The number of nitrogens with zero attached hydrogens (tertiary/aromatic N) is 2. The van der Waals surface area contributed by atoms with Crippen molar-refractivity contribution in [3.8, 4) is 6.07 Å². The molecule has 0 saturated heterocycles. The Balaban J connectivity index is 2.69. The fraction of sp³-hybridized carbons (Fsp3) is 0.300. The second-order valence-corrected chi connectivity index (χ2v) is 5.65. The lowest BCUT2D eigenvalue weighted by molar-refractivity contribution is 0.580. The van der Waals surface area contributed by atoms with E-state index in [1.54, 1.807) is 11.9 Å². The molecule has 1 aliphatic heterocycles. The molecule has 0 saturated carbocycles. The third-order valence-electron chi connectivity index (χ3n) is 2.63. The summed E-state index contributed by atoms with van der Waals surface area (Å²) < 4.78 is 36.6. The predicted octanol–water partition coefficient (Wildman–Crippen LogP) is 0.941. The Labute approximate surface area is 92.8 Å². The number of fused-ring (bicyclic) bond motifs is 1. The zero-order chi connectivity index (χ0) is 11.9. The maximum Gasteiger partial charge on any atom is 0.183 e. The van der Waals surface area contributed by atoms with Gasteiger partial charge in [-0.05, 0) is 18.2 Å². The van der Waals surface area contributed by atoms with Gasteiger partial charge in [0.25, 0.3) is 0 Å². The van der Waals surface area contributed by atoms with Crippen LogP contribution in [-0.2, 0) is 9.84 Å². The highest BCUT2D eigenvalue weighted by atomic mass is 32.2. The highest BCUT2D eigenvalue weighted by molar-refractivity contribution is 7.91. The van der Waals surface area contributed by atoms with E-state index in [9.17, 15) is 12.8 Å². The molecule has 1 aliphatic rings. The molecular weight excluding hydrogens is 231 g/mol. The van der Waals surface area contributed by atoms with Crippen molar-refractivity contribution in [1.82, 2.24) is 0 Å². The number of hydrogen-bond donors (Lipinski definition) is 0. The third kappa shape index (κ3) is 1.53. The molecule has 1 aromatic rings. The third-order valence-corrected chi connectivity index (χ3v) is 4.38. The van der Waals surface area contributed by atoms with Crippen molar-refractivity contribution >= 4 is 15.5 Å². The molecule has 4 nitrogen and oxygen atoms in total. The van der Waals surface area contributed by atoms with Gasteiger partial charge in [0, 0.05) is 7.05 Å². The SMILES string of the molecule is CN1c2ccc(F)cc2S(=O)(=O)CC1C#N. The first kappa shape index (κ1) is 10.9. The summed E-state index contributed by atoms with van der Waals surface area (Å²) in [5, 5.41) is 8.84. The monoisotopic (exact) mass is 240 g/mol. The first-order chi connectivity index (χ1) is 7.45. The summed E-state index contributed by atoms with van der Waals surface area (Å²) in [6, 6.07) is 4.76. The average Bonchev–Trinajstić information content (AvgIpc) is 2.23. The van der Waals surface area contributed by atoms with Crippen LogP contribution >= 0.6 is 0 Å². The first-order valence-corrected chi connectivity index (χ1v) is 6.25. The predicted molar refractivity (Wildman–Crippen MR) is 56.3 cm³/mol. The minimum atomic E-state index is -3.56. The lowest BCUT2D eigenvalue weighted by Crippen LogP contribution is -2.41. The van der Waals surface area contributed by atoms with Gasteiger partial charge in [-0.1, -0.05) is 0 Å². The minimum Gasteiger partial charge on any atom is -0.357 e. The molecule has 84 valence electrons. The van der Waals surface area contributed by atoms with Crippen LogP contribution in [0.4, 0.5) is 10.1 Å². The molecular formula is C10H9FN2O2S. The van der Waals surface area contributed by atoms with Gasteiger partial charge in [0.2, 0.25) is 0 Å². The summed E-state index contributed by atoms with van der Waals surface area (Å²) >= 11 is 0. The highest BCUT2D eigenvalue weighted by Crippen LogP contribution is 2.32. The summed E-state index contributed by atoms with van der Waals surface area (Å²) in [5.74, 6) is -0.887. The van der Waals surface area contributed by atoms with Crippen LogP contribution in [0.15, 0.2) is 23.1 Å². The van der Waals surface area contributed by atoms with Gasteiger partial charge in [-0.15, -0.1) is 0 Å². The molecule has 0 aromatic heterocycles. The molecule has 1 aromatic carbocycles. The van der Waals surface area contributed by atoms with Gasteiger partial charge in [-0.3, -0.25) is 0 Å². The molecule has 0 aliphatic carbocycles. The number of anilines is 1. The van der Waals surface area contributed by atoms with E-state index in [0.717, 1.165) is 6.07 Å².